The van der Waals surface area contributed by atoms with Crippen molar-refractivity contribution in [3.8, 4) is 0 Å². The molecule has 0 saturated heterocycles. The van der Waals surface area contributed by atoms with Crippen LogP contribution in [-0.4, -0.2) is 32.7 Å². The van der Waals surface area contributed by atoms with E-state index in [1.807, 2.05) is 7.05 Å². The van der Waals surface area contributed by atoms with Gasteiger partial charge in [-0.2, -0.15) is 0 Å². The van der Waals surface area contributed by atoms with Gasteiger partial charge in [-0.05, 0) is 26.4 Å². The summed E-state index contributed by atoms with van der Waals surface area (Å²) in [4.78, 5) is 0. The van der Waals surface area contributed by atoms with Crippen molar-refractivity contribution in [1.82, 2.24) is 16.0 Å². The lowest BCUT2D eigenvalue weighted by atomic mass is 10.2. The molecule has 0 aromatic carbocycles. The smallest absolute Gasteiger partial charge is 0.0672 e. The molecule has 0 unspecified atom stereocenters. The molecule has 3 nitrogen and oxygen atoms in total. The first-order chi connectivity index (χ1) is 8.20. The molecule has 3 heteroatoms. The van der Waals surface area contributed by atoms with Crippen molar-refractivity contribution in [3.63, 3.8) is 0 Å². The zero-order chi connectivity index (χ0) is 12.9. The second kappa shape index (κ2) is 11.7. The maximum absolute atomic E-state index is 3.66. The molecule has 0 aliphatic heterocycles. The van der Waals surface area contributed by atoms with E-state index < -0.39 is 0 Å². The van der Waals surface area contributed by atoms with Crippen molar-refractivity contribution < 1.29 is 0 Å². The predicted octanol–water partition coefficient (Wildman–Crippen LogP) is 2.02. The molecular weight excluding hydrogens is 210 g/mol. The van der Waals surface area contributed by atoms with E-state index in [2.05, 4.69) is 42.1 Å². The Morgan fingerprint density at radius 3 is 2.29 bits per heavy atom. The van der Waals surface area contributed by atoms with Gasteiger partial charge in [-0.1, -0.05) is 33.3 Å². The van der Waals surface area contributed by atoms with E-state index in [9.17, 15) is 0 Å². The van der Waals surface area contributed by atoms with E-state index in [1.54, 1.807) is 0 Å². The van der Waals surface area contributed by atoms with Crippen LogP contribution in [0.25, 0.3) is 0 Å². The van der Waals surface area contributed by atoms with E-state index in [4.69, 9.17) is 0 Å². The molecule has 0 saturated carbocycles. The molecule has 0 aromatic rings. The Balaban J connectivity index is 3.26. The fourth-order valence-electron chi connectivity index (χ4n) is 1.60. The van der Waals surface area contributed by atoms with Crippen LogP contribution in [0.5, 0.6) is 0 Å². The lowest BCUT2D eigenvalue weighted by Gasteiger charge is -2.09. The van der Waals surface area contributed by atoms with Crippen molar-refractivity contribution in [3.05, 3.63) is 18.0 Å². The summed E-state index contributed by atoms with van der Waals surface area (Å²) in [7, 11) is 1.93. The molecule has 0 amide bonds. The Bertz CT molecular complexity index is 218. The van der Waals surface area contributed by atoms with E-state index in [-0.39, 0.29) is 0 Å². The summed E-state index contributed by atoms with van der Waals surface area (Å²) in [5, 5.41) is 9.87. The highest BCUT2D eigenvalue weighted by molar-refractivity contribution is 4.98. The third kappa shape index (κ3) is 11.5. The molecule has 0 atom stereocenters. The van der Waals surface area contributed by atoms with Crippen LogP contribution in [0.1, 0.15) is 39.5 Å². The largest absolute Gasteiger partial charge is 0.381 e. The minimum atomic E-state index is 0.610. The fraction of sp³-hybridized carbons (Fsp3) is 0.786. The van der Waals surface area contributed by atoms with E-state index in [0.29, 0.717) is 6.04 Å². The van der Waals surface area contributed by atoms with Crippen LogP contribution in [-0.2, 0) is 0 Å². The standard InChI is InChI=1S/C14H29N3/c1-5-14(12-15-4)17-11-9-7-6-8-10-16-13(2)3/h13,15-17H,1,6-12H2,2-4H3. The highest BCUT2D eigenvalue weighted by Gasteiger charge is 1.95. The highest BCUT2D eigenvalue weighted by Crippen LogP contribution is 1.98. The molecular formula is C14H29N3. The molecule has 0 radical (unpaired) electrons. The van der Waals surface area contributed by atoms with Gasteiger partial charge in [0, 0.05) is 19.1 Å². The van der Waals surface area contributed by atoms with E-state index in [1.165, 1.54) is 25.7 Å². The average molecular weight is 239 g/mol. The summed E-state index contributed by atoms with van der Waals surface area (Å²) in [6.07, 6.45) is 5.09. The van der Waals surface area contributed by atoms with Crippen LogP contribution in [0.3, 0.4) is 0 Å². The zero-order valence-electron chi connectivity index (χ0n) is 11.7. The van der Waals surface area contributed by atoms with Crippen LogP contribution < -0.4 is 16.0 Å². The normalized spacial score (nSPS) is 10.4. The number of hydrogen-bond acceptors (Lipinski definition) is 3. The SMILES string of the molecule is C=C=C(CNC)NCCCCCCNC(C)C. The van der Waals surface area contributed by atoms with Crippen LogP contribution in [0.2, 0.25) is 0 Å². The van der Waals surface area contributed by atoms with Crippen molar-refractivity contribution in [1.29, 1.82) is 0 Å². The third-order valence-corrected chi connectivity index (χ3v) is 2.56. The van der Waals surface area contributed by atoms with Crippen LogP contribution >= 0.6 is 0 Å². The first kappa shape index (κ1) is 16.2. The van der Waals surface area contributed by atoms with E-state index in [0.717, 1.165) is 25.3 Å². The summed E-state index contributed by atoms with van der Waals surface area (Å²) in [6.45, 7) is 11.0. The van der Waals surface area contributed by atoms with Gasteiger partial charge in [-0.3, -0.25) is 0 Å². The van der Waals surface area contributed by atoms with Crippen molar-refractivity contribution in [2.45, 2.75) is 45.6 Å². The Hall–Kier alpha value is -0.760. The van der Waals surface area contributed by atoms with Crippen LogP contribution in [0.4, 0.5) is 0 Å². The topological polar surface area (TPSA) is 36.1 Å². The van der Waals surface area contributed by atoms with Gasteiger partial charge in [-0.25, -0.2) is 0 Å². The summed E-state index contributed by atoms with van der Waals surface area (Å²) in [5.41, 5.74) is 3.97. The van der Waals surface area contributed by atoms with Gasteiger partial charge >= 0.3 is 0 Å². The molecule has 0 spiro atoms. The van der Waals surface area contributed by atoms with Crippen LogP contribution in [0.15, 0.2) is 18.0 Å². The first-order valence-corrected chi connectivity index (χ1v) is 6.71. The van der Waals surface area contributed by atoms with Gasteiger partial charge in [-0.15, -0.1) is 5.73 Å². The van der Waals surface area contributed by atoms with Gasteiger partial charge in [0.15, 0.2) is 0 Å². The number of hydrogen-bond donors (Lipinski definition) is 3. The molecule has 0 aliphatic rings. The fourth-order valence-corrected chi connectivity index (χ4v) is 1.60. The van der Waals surface area contributed by atoms with Gasteiger partial charge < -0.3 is 16.0 Å². The maximum atomic E-state index is 3.66. The molecule has 0 aliphatic carbocycles. The summed E-state index contributed by atoms with van der Waals surface area (Å²) in [6, 6.07) is 0.610. The lowest BCUT2D eigenvalue weighted by molar-refractivity contribution is 0.537. The Morgan fingerprint density at radius 2 is 1.76 bits per heavy atom. The highest BCUT2D eigenvalue weighted by atomic mass is 14.9. The summed E-state index contributed by atoms with van der Waals surface area (Å²) in [5.74, 6) is 0. The second-order valence-electron chi connectivity index (χ2n) is 4.64. The number of unbranched alkanes of at least 4 members (excludes halogenated alkanes) is 3. The molecule has 0 heterocycles. The average Bonchev–Trinajstić information content (AvgIpc) is 2.30. The third-order valence-electron chi connectivity index (χ3n) is 2.56. The van der Waals surface area contributed by atoms with Gasteiger partial charge in [0.1, 0.15) is 0 Å². The van der Waals surface area contributed by atoms with Crippen LogP contribution in [0, 0.1) is 0 Å². The van der Waals surface area contributed by atoms with E-state index >= 15 is 0 Å². The van der Waals surface area contributed by atoms with Crippen molar-refractivity contribution in [2.75, 3.05) is 26.7 Å². The molecule has 0 bridgehead atoms. The van der Waals surface area contributed by atoms with Crippen molar-refractivity contribution >= 4 is 0 Å². The first-order valence-electron chi connectivity index (χ1n) is 6.71. The van der Waals surface area contributed by atoms with Gasteiger partial charge in [0.25, 0.3) is 0 Å². The Morgan fingerprint density at radius 1 is 1.12 bits per heavy atom. The predicted molar refractivity (Wildman–Crippen MR) is 76.2 cm³/mol. The molecule has 17 heavy (non-hydrogen) atoms. The Labute approximate surface area is 107 Å². The molecule has 0 rings (SSSR count). The monoisotopic (exact) mass is 239 g/mol. The molecule has 100 valence electrons. The number of nitrogens with one attached hydrogen (secondary N) is 3. The quantitative estimate of drug-likeness (QED) is 0.381. The van der Waals surface area contributed by atoms with Crippen molar-refractivity contribution in [2.24, 2.45) is 0 Å². The maximum Gasteiger partial charge on any atom is 0.0672 e. The minimum absolute atomic E-state index is 0.610. The number of likely N-dealkylation sites (N-methyl/N-ethyl adjacent to an activating group) is 1. The second-order valence-corrected chi connectivity index (χ2v) is 4.64. The van der Waals surface area contributed by atoms with Gasteiger partial charge in [0.05, 0.1) is 5.70 Å². The Kier molecular flexibility index (Phi) is 11.2. The molecule has 3 N–H and O–H groups in total. The zero-order valence-corrected chi connectivity index (χ0v) is 11.7. The summed E-state index contributed by atoms with van der Waals surface area (Å²) < 4.78 is 0. The molecule has 0 fully saturated rings. The number of rotatable bonds is 11. The lowest BCUT2D eigenvalue weighted by Crippen LogP contribution is -2.24. The minimum Gasteiger partial charge on any atom is -0.381 e. The molecule has 0 aromatic heterocycles. The van der Waals surface area contributed by atoms with Gasteiger partial charge in [0.2, 0.25) is 0 Å². The summed E-state index contributed by atoms with van der Waals surface area (Å²) >= 11 is 0.